The average molecular weight is 478 g/mol. The van der Waals surface area contributed by atoms with Crippen LogP contribution in [0.2, 0.25) is 0 Å². The van der Waals surface area contributed by atoms with Crippen LogP contribution in [0.5, 0.6) is 0 Å². The molecule has 3 nitrogen and oxygen atoms in total. The summed E-state index contributed by atoms with van der Waals surface area (Å²) in [6.45, 7) is 1.66. The standard InChI is InChI=1S/C15H16BrN3S.HI/c1-19(8-12-9-20-10-13(12)16)15-17-7-14(18-15)11-5-3-2-4-6-11;/h2-6,9-10,14H,7-8H2,1H3,(H,17,18);1H. The van der Waals surface area contributed by atoms with Crippen molar-refractivity contribution in [2.75, 3.05) is 13.6 Å². The number of rotatable bonds is 3. The second kappa shape index (κ2) is 7.60. The van der Waals surface area contributed by atoms with Gasteiger partial charge in [0.1, 0.15) is 0 Å². The van der Waals surface area contributed by atoms with E-state index in [4.69, 9.17) is 0 Å². The first-order valence-electron chi connectivity index (χ1n) is 6.51. The monoisotopic (exact) mass is 477 g/mol. The summed E-state index contributed by atoms with van der Waals surface area (Å²) >= 11 is 5.29. The molecule has 0 amide bonds. The molecule has 1 aromatic carbocycles. The third kappa shape index (κ3) is 3.98. The van der Waals surface area contributed by atoms with E-state index in [1.807, 2.05) is 6.07 Å². The van der Waals surface area contributed by atoms with E-state index < -0.39 is 0 Å². The Morgan fingerprint density at radius 1 is 1.33 bits per heavy atom. The Balaban J connectivity index is 0.00000161. The third-order valence-electron chi connectivity index (χ3n) is 3.39. The molecule has 1 aromatic heterocycles. The predicted molar refractivity (Wildman–Crippen MR) is 104 cm³/mol. The van der Waals surface area contributed by atoms with Crippen molar-refractivity contribution in [1.82, 2.24) is 10.2 Å². The number of halogens is 2. The van der Waals surface area contributed by atoms with Gasteiger partial charge in [-0.1, -0.05) is 30.3 Å². The number of hydrogen-bond acceptors (Lipinski definition) is 4. The summed E-state index contributed by atoms with van der Waals surface area (Å²) in [5, 5.41) is 7.79. The van der Waals surface area contributed by atoms with Crippen LogP contribution in [0, 0.1) is 0 Å². The van der Waals surface area contributed by atoms with Gasteiger partial charge in [0.05, 0.1) is 12.6 Å². The van der Waals surface area contributed by atoms with E-state index in [2.05, 4.69) is 73.2 Å². The van der Waals surface area contributed by atoms with Crippen molar-refractivity contribution in [2.24, 2.45) is 4.99 Å². The minimum Gasteiger partial charge on any atom is -0.348 e. The van der Waals surface area contributed by atoms with Crippen LogP contribution in [0.1, 0.15) is 17.2 Å². The van der Waals surface area contributed by atoms with Crippen LogP contribution in [-0.2, 0) is 6.54 Å². The maximum Gasteiger partial charge on any atom is 0.194 e. The Bertz CT molecular complexity index is 614. The first-order valence-corrected chi connectivity index (χ1v) is 8.25. The highest BCUT2D eigenvalue weighted by atomic mass is 127. The van der Waals surface area contributed by atoms with Gasteiger partial charge in [0, 0.05) is 23.4 Å². The highest BCUT2D eigenvalue weighted by Crippen LogP contribution is 2.23. The van der Waals surface area contributed by atoms with Crippen LogP contribution in [0.4, 0.5) is 0 Å². The molecule has 1 unspecified atom stereocenters. The summed E-state index contributed by atoms with van der Waals surface area (Å²) in [7, 11) is 2.07. The van der Waals surface area contributed by atoms with Crippen molar-refractivity contribution in [1.29, 1.82) is 0 Å². The van der Waals surface area contributed by atoms with Crippen LogP contribution in [0.15, 0.2) is 50.6 Å². The van der Waals surface area contributed by atoms with E-state index in [9.17, 15) is 0 Å². The van der Waals surface area contributed by atoms with E-state index in [0.717, 1.165) is 19.0 Å². The molecule has 0 saturated carbocycles. The summed E-state index contributed by atoms with van der Waals surface area (Å²) < 4.78 is 1.17. The number of nitrogens with one attached hydrogen (secondary N) is 1. The van der Waals surface area contributed by atoms with Gasteiger partial charge in [-0.05, 0) is 32.4 Å². The smallest absolute Gasteiger partial charge is 0.194 e. The second-order valence-corrected chi connectivity index (χ2v) is 6.47. The lowest BCUT2D eigenvalue weighted by Gasteiger charge is -2.21. The predicted octanol–water partition coefficient (Wildman–Crippen LogP) is 4.26. The molecule has 2 aromatic rings. The molecule has 1 atom stereocenters. The van der Waals surface area contributed by atoms with E-state index in [-0.39, 0.29) is 24.0 Å². The maximum absolute atomic E-state index is 4.62. The molecular weight excluding hydrogens is 461 g/mol. The first-order chi connectivity index (χ1) is 9.74. The summed E-state index contributed by atoms with van der Waals surface area (Å²) in [5.41, 5.74) is 2.58. The number of nitrogens with zero attached hydrogens (tertiary/aromatic N) is 2. The molecule has 1 aliphatic rings. The molecule has 0 aliphatic carbocycles. The Morgan fingerprint density at radius 2 is 2.10 bits per heavy atom. The molecule has 0 bridgehead atoms. The number of aliphatic imine (C=N–C) groups is 1. The van der Waals surface area contributed by atoms with Crippen LogP contribution in [-0.4, -0.2) is 24.5 Å². The molecular formula is C15H17BrIN3S. The SMILES string of the molecule is CN(Cc1cscc1Br)C1=NCC(c2ccccc2)N1.I. The van der Waals surface area contributed by atoms with Gasteiger partial charge in [0.2, 0.25) is 0 Å². The van der Waals surface area contributed by atoms with Gasteiger partial charge in [0.25, 0.3) is 0 Å². The number of hydrogen-bond donors (Lipinski definition) is 1. The maximum atomic E-state index is 4.62. The zero-order valence-electron chi connectivity index (χ0n) is 11.6. The molecule has 0 radical (unpaired) electrons. The normalized spacial score (nSPS) is 16.9. The van der Waals surface area contributed by atoms with Crippen molar-refractivity contribution in [3.05, 3.63) is 56.7 Å². The van der Waals surface area contributed by atoms with E-state index in [1.54, 1.807) is 11.3 Å². The van der Waals surface area contributed by atoms with Crippen molar-refractivity contribution in [3.8, 4) is 0 Å². The van der Waals surface area contributed by atoms with Gasteiger partial charge in [0.15, 0.2) is 5.96 Å². The van der Waals surface area contributed by atoms with E-state index in [1.165, 1.54) is 15.6 Å². The molecule has 0 spiro atoms. The molecule has 112 valence electrons. The van der Waals surface area contributed by atoms with Gasteiger partial charge in [-0.2, -0.15) is 11.3 Å². The summed E-state index contributed by atoms with van der Waals surface area (Å²) in [6, 6.07) is 10.8. The first kappa shape index (κ1) is 16.8. The third-order valence-corrected chi connectivity index (χ3v) is 5.22. The lowest BCUT2D eigenvalue weighted by molar-refractivity contribution is 0.480. The Kier molecular flexibility index (Phi) is 6.07. The molecule has 3 rings (SSSR count). The quantitative estimate of drug-likeness (QED) is 0.669. The minimum absolute atomic E-state index is 0. The lowest BCUT2D eigenvalue weighted by atomic mass is 10.1. The molecule has 2 heterocycles. The summed E-state index contributed by atoms with van der Waals surface area (Å²) in [4.78, 5) is 6.79. The van der Waals surface area contributed by atoms with Gasteiger partial charge >= 0.3 is 0 Å². The van der Waals surface area contributed by atoms with E-state index in [0.29, 0.717) is 6.04 Å². The van der Waals surface area contributed by atoms with Crippen LogP contribution < -0.4 is 5.32 Å². The van der Waals surface area contributed by atoms with Crippen LogP contribution in [0.3, 0.4) is 0 Å². The molecule has 1 N–H and O–H groups in total. The molecule has 0 fully saturated rings. The van der Waals surface area contributed by atoms with Crippen molar-refractivity contribution < 1.29 is 0 Å². The molecule has 6 heteroatoms. The number of benzene rings is 1. The fraction of sp³-hybridized carbons (Fsp3) is 0.267. The highest BCUT2D eigenvalue weighted by Gasteiger charge is 2.21. The van der Waals surface area contributed by atoms with Crippen LogP contribution in [0.25, 0.3) is 0 Å². The highest BCUT2D eigenvalue weighted by molar-refractivity contribution is 14.0. The Hall–Kier alpha value is -0.600. The number of thiophene rings is 1. The molecule has 1 aliphatic heterocycles. The largest absolute Gasteiger partial charge is 0.348 e. The number of guanidine groups is 1. The topological polar surface area (TPSA) is 27.6 Å². The Morgan fingerprint density at radius 3 is 2.76 bits per heavy atom. The lowest BCUT2D eigenvalue weighted by Crippen LogP contribution is -2.36. The second-order valence-electron chi connectivity index (χ2n) is 4.87. The average Bonchev–Trinajstić information content (AvgIpc) is 3.10. The zero-order chi connectivity index (χ0) is 13.9. The minimum atomic E-state index is 0. The van der Waals surface area contributed by atoms with Crippen LogP contribution >= 0.6 is 51.2 Å². The fourth-order valence-electron chi connectivity index (χ4n) is 2.28. The summed E-state index contributed by atoms with van der Waals surface area (Å²) in [6.07, 6.45) is 0. The van der Waals surface area contributed by atoms with Gasteiger partial charge in [-0.25, -0.2) is 0 Å². The van der Waals surface area contributed by atoms with Crippen molar-refractivity contribution >= 4 is 57.2 Å². The zero-order valence-corrected chi connectivity index (χ0v) is 16.4. The molecule has 21 heavy (non-hydrogen) atoms. The van der Waals surface area contributed by atoms with Crippen molar-refractivity contribution in [2.45, 2.75) is 12.6 Å². The fourth-order valence-corrected chi connectivity index (χ4v) is 3.70. The van der Waals surface area contributed by atoms with E-state index >= 15 is 0 Å². The van der Waals surface area contributed by atoms with Crippen molar-refractivity contribution in [3.63, 3.8) is 0 Å². The molecule has 0 saturated heterocycles. The van der Waals surface area contributed by atoms with Gasteiger partial charge < -0.3 is 10.2 Å². The van der Waals surface area contributed by atoms with Gasteiger partial charge in [-0.3, -0.25) is 4.99 Å². The Labute approximate surface area is 154 Å². The van der Waals surface area contributed by atoms with Gasteiger partial charge in [-0.15, -0.1) is 24.0 Å². The summed E-state index contributed by atoms with van der Waals surface area (Å²) in [5.74, 6) is 0.969.